The summed E-state index contributed by atoms with van der Waals surface area (Å²) in [6, 6.07) is 7.33. The van der Waals surface area contributed by atoms with Gasteiger partial charge in [0.2, 0.25) is 0 Å². The molecule has 0 amide bonds. The van der Waals surface area contributed by atoms with E-state index in [4.69, 9.17) is 10.00 Å². The fraction of sp³-hybridized carbons (Fsp3) is 0.400. The molecule has 0 aliphatic carbocycles. The molecule has 3 rings (SSSR count). The molecule has 1 saturated heterocycles. The lowest BCUT2D eigenvalue weighted by Gasteiger charge is -2.26. The molecule has 7 heteroatoms. The highest BCUT2D eigenvalue weighted by atomic mass is 16.5. The van der Waals surface area contributed by atoms with Gasteiger partial charge in [-0.15, -0.1) is 0 Å². The van der Waals surface area contributed by atoms with Crippen LogP contribution in [-0.2, 0) is 11.3 Å². The van der Waals surface area contributed by atoms with Crippen LogP contribution in [0.25, 0.3) is 0 Å². The highest BCUT2D eigenvalue weighted by molar-refractivity contribution is 5.54. The molecule has 114 valence electrons. The van der Waals surface area contributed by atoms with Crippen LogP contribution in [0.1, 0.15) is 5.69 Å². The van der Waals surface area contributed by atoms with Crippen LogP contribution < -0.4 is 5.32 Å². The Hall–Kier alpha value is -2.43. The topological polar surface area (TPSA) is 79.0 Å². The van der Waals surface area contributed by atoms with E-state index in [0.717, 1.165) is 45.1 Å². The first kappa shape index (κ1) is 14.5. The average Bonchev–Trinajstić information content (AvgIpc) is 3.01. The van der Waals surface area contributed by atoms with E-state index >= 15 is 0 Å². The number of hydrogen-bond donors (Lipinski definition) is 1. The minimum absolute atomic E-state index is 0.393. The zero-order valence-corrected chi connectivity index (χ0v) is 12.3. The zero-order chi connectivity index (χ0) is 15.2. The van der Waals surface area contributed by atoms with Crippen molar-refractivity contribution in [2.24, 2.45) is 0 Å². The second-order valence-electron chi connectivity index (χ2n) is 5.09. The summed E-state index contributed by atoms with van der Waals surface area (Å²) in [7, 11) is 0. The van der Waals surface area contributed by atoms with Crippen LogP contribution in [0.5, 0.6) is 0 Å². The summed E-state index contributed by atoms with van der Waals surface area (Å²) < 4.78 is 7.25. The molecule has 3 heterocycles. The largest absolute Gasteiger partial charge is 0.379 e. The number of pyridine rings is 1. The molecule has 7 nitrogen and oxygen atoms in total. The van der Waals surface area contributed by atoms with Gasteiger partial charge < -0.3 is 10.1 Å². The molecule has 2 aromatic heterocycles. The molecular formula is C15H18N6O. The third-order valence-electron chi connectivity index (χ3n) is 3.52. The molecule has 1 N–H and O–H groups in total. The van der Waals surface area contributed by atoms with Crippen molar-refractivity contribution in [2.45, 2.75) is 6.54 Å². The molecule has 0 aromatic carbocycles. The van der Waals surface area contributed by atoms with Crippen molar-refractivity contribution in [2.75, 3.05) is 38.2 Å². The van der Waals surface area contributed by atoms with Gasteiger partial charge >= 0.3 is 0 Å². The molecule has 2 aromatic rings. The molecule has 0 atom stereocenters. The number of anilines is 2. The number of rotatable bonds is 5. The zero-order valence-electron chi connectivity index (χ0n) is 12.3. The quantitative estimate of drug-likeness (QED) is 0.894. The molecule has 1 aliphatic rings. The van der Waals surface area contributed by atoms with E-state index in [9.17, 15) is 0 Å². The number of morpholine rings is 1. The van der Waals surface area contributed by atoms with Crippen LogP contribution >= 0.6 is 0 Å². The summed E-state index contributed by atoms with van der Waals surface area (Å²) in [4.78, 5) is 6.56. The Morgan fingerprint density at radius 1 is 1.27 bits per heavy atom. The van der Waals surface area contributed by atoms with Gasteiger partial charge in [0.1, 0.15) is 17.6 Å². The first-order valence-corrected chi connectivity index (χ1v) is 7.30. The number of nitriles is 1. The number of aromatic nitrogens is 3. The maximum absolute atomic E-state index is 8.86. The lowest BCUT2D eigenvalue weighted by molar-refractivity contribution is 0.0360. The Labute approximate surface area is 129 Å². The van der Waals surface area contributed by atoms with Gasteiger partial charge in [-0.3, -0.25) is 9.58 Å². The van der Waals surface area contributed by atoms with E-state index in [-0.39, 0.29) is 0 Å². The van der Waals surface area contributed by atoms with Crippen molar-refractivity contribution in [3.8, 4) is 6.07 Å². The lowest BCUT2D eigenvalue weighted by Crippen LogP contribution is -2.38. The van der Waals surface area contributed by atoms with E-state index in [1.54, 1.807) is 18.3 Å². The third kappa shape index (κ3) is 3.81. The van der Waals surface area contributed by atoms with Crippen LogP contribution in [0.15, 0.2) is 30.6 Å². The summed E-state index contributed by atoms with van der Waals surface area (Å²) in [5.74, 6) is 0.645. The van der Waals surface area contributed by atoms with E-state index in [1.807, 2.05) is 23.0 Å². The minimum Gasteiger partial charge on any atom is -0.379 e. The number of ether oxygens (including phenoxy) is 1. The molecule has 0 unspecified atom stereocenters. The van der Waals surface area contributed by atoms with Crippen LogP contribution in [0.4, 0.5) is 11.5 Å². The van der Waals surface area contributed by atoms with Crippen LogP contribution in [0.2, 0.25) is 0 Å². The van der Waals surface area contributed by atoms with Crippen molar-refractivity contribution >= 4 is 11.5 Å². The molecule has 0 saturated carbocycles. The van der Waals surface area contributed by atoms with E-state index in [2.05, 4.69) is 20.3 Å². The van der Waals surface area contributed by atoms with Crippen molar-refractivity contribution in [1.29, 1.82) is 5.26 Å². The maximum Gasteiger partial charge on any atom is 0.142 e. The van der Waals surface area contributed by atoms with Crippen molar-refractivity contribution in [1.82, 2.24) is 19.7 Å². The predicted octanol–water partition coefficient (Wildman–Crippen LogP) is 1.23. The summed E-state index contributed by atoms with van der Waals surface area (Å²) in [6.07, 6.45) is 3.71. The van der Waals surface area contributed by atoms with Crippen molar-refractivity contribution in [3.05, 3.63) is 36.3 Å². The molecule has 22 heavy (non-hydrogen) atoms. The van der Waals surface area contributed by atoms with Gasteiger partial charge in [-0.2, -0.15) is 10.4 Å². The van der Waals surface area contributed by atoms with Crippen molar-refractivity contribution < 1.29 is 4.74 Å². The van der Waals surface area contributed by atoms with E-state index in [1.165, 1.54) is 0 Å². The van der Waals surface area contributed by atoms with E-state index in [0.29, 0.717) is 11.5 Å². The molecule has 0 bridgehead atoms. The number of nitrogens with one attached hydrogen (secondary N) is 1. The third-order valence-corrected chi connectivity index (χ3v) is 3.52. The summed E-state index contributed by atoms with van der Waals surface area (Å²) in [5.41, 5.74) is 1.26. The Morgan fingerprint density at radius 2 is 2.14 bits per heavy atom. The lowest BCUT2D eigenvalue weighted by atomic mass is 10.3. The molecule has 0 radical (unpaired) electrons. The van der Waals surface area contributed by atoms with Gasteiger partial charge in [-0.1, -0.05) is 6.07 Å². The maximum atomic E-state index is 8.86. The Kier molecular flexibility index (Phi) is 4.63. The second-order valence-corrected chi connectivity index (χ2v) is 5.09. The van der Waals surface area contributed by atoms with Gasteiger partial charge in [0.15, 0.2) is 0 Å². The van der Waals surface area contributed by atoms with Crippen molar-refractivity contribution in [3.63, 3.8) is 0 Å². The summed E-state index contributed by atoms with van der Waals surface area (Å²) in [6.45, 7) is 5.40. The van der Waals surface area contributed by atoms with Gasteiger partial charge in [-0.25, -0.2) is 4.98 Å². The second kappa shape index (κ2) is 7.02. The van der Waals surface area contributed by atoms with E-state index < -0.39 is 0 Å². The van der Waals surface area contributed by atoms with Gasteiger partial charge in [-0.05, 0) is 12.1 Å². The van der Waals surface area contributed by atoms with Crippen LogP contribution in [0.3, 0.4) is 0 Å². The summed E-state index contributed by atoms with van der Waals surface area (Å²) >= 11 is 0. The Bertz CT molecular complexity index is 656. The molecular weight excluding hydrogens is 280 g/mol. The minimum atomic E-state index is 0.393. The smallest absolute Gasteiger partial charge is 0.142 e. The highest BCUT2D eigenvalue weighted by Gasteiger charge is 2.10. The first-order chi connectivity index (χ1) is 10.8. The normalized spacial score (nSPS) is 15.4. The van der Waals surface area contributed by atoms with Crippen LogP contribution in [0, 0.1) is 11.3 Å². The molecule has 0 spiro atoms. The van der Waals surface area contributed by atoms with Gasteiger partial charge in [0.05, 0.1) is 31.6 Å². The highest BCUT2D eigenvalue weighted by Crippen LogP contribution is 2.13. The molecule has 1 aliphatic heterocycles. The fourth-order valence-electron chi connectivity index (χ4n) is 2.33. The van der Waals surface area contributed by atoms with Gasteiger partial charge in [0, 0.05) is 25.8 Å². The average molecular weight is 298 g/mol. The van der Waals surface area contributed by atoms with Gasteiger partial charge in [0.25, 0.3) is 0 Å². The molecule has 1 fully saturated rings. The standard InChI is InChI=1S/C15H18N6O/c16-10-13-2-1-3-15(18-13)19-14-11-17-21(12-14)5-4-20-6-8-22-9-7-20/h1-3,11-12H,4-9H2,(H,18,19). The number of nitrogens with zero attached hydrogens (tertiary/aromatic N) is 5. The summed E-state index contributed by atoms with van der Waals surface area (Å²) in [5, 5.41) is 16.4. The Balaban J connectivity index is 1.55. The monoisotopic (exact) mass is 298 g/mol. The van der Waals surface area contributed by atoms with Crippen LogP contribution in [-0.4, -0.2) is 52.5 Å². The fourth-order valence-corrected chi connectivity index (χ4v) is 2.33. The SMILES string of the molecule is N#Cc1cccc(Nc2cnn(CCN3CCOCC3)c2)n1. The Morgan fingerprint density at radius 3 is 2.95 bits per heavy atom. The number of hydrogen-bond acceptors (Lipinski definition) is 6. The first-order valence-electron chi connectivity index (χ1n) is 7.30. The predicted molar refractivity (Wildman–Crippen MR) is 81.7 cm³/mol.